The molecule has 4 saturated heterocycles. The van der Waals surface area contributed by atoms with Gasteiger partial charge in [0, 0.05) is 81.0 Å². The Morgan fingerprint density at radius 3 is 2.30 bits per heavy atom. The molecule has 10 heteroatoms. The van der Waals surface area contributed by atoms with Crippen molar-refractivity contribution in [2.75, 3.05) is 68.7 Å². The van der Waals surface area contributed by atoms with Crippen molar-refractivity contribution in [3.8, 4) is 17.0 Å². The van der Waals surface area contributed by atoms with Gasteiger partial charge in [-0.15, -0.1) is 0 Å². The fraction of sp³-hybridized carbons (Fsp3) is 0.500. The summed E-state index contributed by atoms with van der Waals surface area (Å²) in [5, 5.41) is 23.5. The van der Waals surface area contributed by atoms with Gasteiger partial charge in [0.1, 0.15) is 11.5 Å². The number of nitrogens with zero attached hydrogens (tertiary/aromatic N) is 7. The number of phenols is 1. The SMILES string of the molecule is CC(C)c1cc(C2(C(=O)N3CC4(CN(CCC5CCN(c6ccccc6)CC5)C4)C3)CCN(c3cnnc(-c4ccccc4O)c3)CC2)no1. The minimum absolute atomic E-state index is 0.177. The highest BCUT2D eigenvalue weighted by Gasteiger charge is 2.57. The molecule has 8 rings (SSSR count). The van der Waals surface area contributed by atoms with E-state index in [0.29, 0.717) is 37.2 Å². The molecule has 10 nitrogen and oxygen atoms in total. The molecule has 262 valence electrons. The lowest BCUT2D eigenvalue weighted by Gasteiger charge is -2.61. The standard InChI is InChI=1S/C40H49N7O3/c1-29(2)36-23-37(43-50-36)40(15-20-46(21-16-40)32-22-34(42-41-24-32)33-10-6-7-11-35(33)48)38(49)47-27-39(28-47)25-44(26-39)17-12-30-13-18-45(19-14-30)31-8-4-3-5-9-31/h3-11,22-24,29-30,48H,12-21,25-28H2,1-2H3. The van der Waals surface area contributed by atoms with E-state index < -0.39 is 5.41 Å². The van der Waals surface area contributed by atoms with Gasteiger partial charge in [0.2, 0.25) is 5.91 Å². The van der Waals surface area contributed by atoms with Gasteiger partial charge in [0.25, 0.3) is 0 Å². The third kappa shape index (κ3) is 6.23. The summed E-state index contributed by atoms with van der Waals surface area (Å²) in [5.74, 6) is 2.19. The Bertz CT molecular complexity index is 1780. The molecule has 0 atom stereocenters. The minimum atomic E-state index is -0.714. The molecule has 1 spiro atoms. The second-order valence-electron chi connectivity index (χ2n) is 15.6. The molecule has 6 heterocycles. The summed E-state index contributed by atoms with van der Waals surface area (Å²) in [7, 11) is 0. The lowest BCUT2D eigenvalue weighted by atomic mass is 9.68. The van der Waals surface area contributed by atoms with Gasteiger partial charge in [-0.05, 0) is 74.9 Å². The number of benzene rings is 2. The zero-order valence-corrected chi connectivity index (χ0v) is 29.4. The fourth-order valence-corrected chi connectivity index (χ4v) is 8.82. The van der Waals surface area contributed by atoms with Crippen molar-refractivity contribution in [2.24, 2.45) is 11.3 Å². The predicted octanol–water partition coefficient (Wildman–Crippen LogP) is 5.95. The molecule has 4 fully saturated rings. The number of aromatic hydroxyl groups is 1. The van der Waals surface area contributed by atoms with Crippen LogP contribution >= 0.6 is 0 Å². The highest BCUT2D eigenvalue weighted by molar-refractivity contribution is 5.89. The Morgan fingerprint density at radius 2 is 1.60 bits per heavy atom. The van der Waals surface area contributed by atoms with Gasteiger partial charge in [-0.25, -0.2) is 0 Å². The van der Waals surface area contributed by atoms with Crippen molar-refractivity contribution in [1.82, 2.24) is 25.2 Å². The van der Waals surface area contributed by atoms with Crippen LogP contribution in [-0.2, 0) is 10.2 Å². The topological polar surface area (TPSA) is 102 Å². The lowest BCUT2D eigenvalue weighted by molar-refractivity contribution is -0.166. The summed E-state index contributed by atoms with van der Waals surface area (Å²) < 4.78 is 5.78. The van der Waals surface area contributed by atoms with Crippen LogP contribution in [0, 0.1) is 11.3 Å². The van der Waals surface area contributed by atoms with Crippen LogP contribution in [0.3, 0.4) is 0 Å². The maximum absolute atomic E-state index is 14.5. The number of hydrogen-bond acceptors (Lipinski definition) is 9. The van der Waals surface area contributed by atoms with Crippen molar-refractivity contribution in [3.05, 3.63) is 84.4 Å². The number of anilines is 2. The molecular formula is C40H49N7O3. The maximum atomic E-state index is 14.5. The molecule has 2 aromatic heterocycles. The van der Waals surface area contributed by atoms with Crippen LogP contribution in [0.25, 0.3) is 11.3 Å². The van der Waals surface area contributed by atoms with Crippen LogP contribution in [0.4, 0.5) is 11.4 Å². The van der Waals surface area contributed by atoms with Gasteiger partial charge in [-0.3, -0.25) is 4.79 Å². The van der Waals surface area contributed by atoms with Gasteiger partial charge in [0.05, 0.1) is 28.7 Å². The molecule has 4 aliphatic rings. The van der Waals surface area contributed by atoms with Crippen molar-refractivity contribution in [1.29, 1.82) is 0 Å². The highest BCUT2D eigenvalue weighted by atomic mass is 16.5. The average molecular weight is 676 g/mol. The second kappa shape index (κ2) is 13.4. The van der Waals surface area contributed by atoms with Crippen LogP contribution in [0.5, 0.6) is 5.75 Å². The average Bonchev–Trinajstić information content (AvgIpc) is 3.63. The van der Waals surface area contributed by atoms with E-state index in [2.05, 4.69) is 79.1 Å². The van der Waals surface area contributed by atoms with Gasteiger partial charge in [0.15, 0.2) is 0 Å². The van der Waals surface area contributed by atoms with E-state index in [1.165, 1.54) is 24.9 Å². The number of rotatable bonds is 9. The van der Waals surface area contributed by atoms with Crippen LogP contribution in [0.15, 0.2) is 77.4 Å². The molecule has 0 aliphatic carbocycles. The first-order valence-electron chi connectivity index (χ1n) is 18.5. The van der Waals surface area contributed by atoms with Gasteiger partial charge < -0.3 is 29.2 Å². The van der Waals surface area contributed by atoms with E-state index in [4.69, 9.17) is 4.52 Å². The maximum Gasteiger partial charge on any atom is 0.235 e. The van der Waals surface area contributed by atoms with Crippen LogP contribution < -0.4 is 9.80 Å². The molecule has 50 heavy (non-hydrogen) atoms. The molecule has 4 aromatic rings. The molecule has 0 saturated carbocycles. The number of carbonyl (C=O) groups is 1. The fourth-order valence-electron chi connectivity index (χ4n) is 8.82. The normalized spacial score (nSPS) is 20.6. The molecule has 1 N–H and O–H groups in total. The zero-order chi connectivity index (χ0) is 34.3. The summed E-state index contributed by atoms with van der Waals surface area (Å²) in [6, 6.07) is 22.0. The van der Waals surface area contributed by atoms with E-state index in [-0.39, 0.29) is 23.0 Å². The Hall–Kier alpha value is -4.44. The summed E-state index contributed by atoms with van der Waals surface area (Å²) >= 11 is 0. The number of piperidine rings is 2. The number of likely N-dealkylation sites (tertiary alicyclic amines) is 2. The quantitative estimate of drug-likeness (QED) is 0.231. The van der Waals surface area contributed by atoms with E-state index in [9.17, 15) is 9.90 Å². The third-order valence-electron chi connectivity index (χ3n) is 11.8. The van der Waals surface area contributed by atoms with Crippen LogP contribution in [0.2, 0.25) is 0 Å². The van der Waals surface area contributed by atoms with Gasteiger partial charge in [-0.2, -0.15) is 10.2 Å². The first kappa shape index (κ1) is 32.7. The summed E-state index contributed by atoms with van der Waals surface area (Å²) in [6.45, 7) is 12.9. The smallest absolute Gasteiger partial charge is 0.235 e. The molecule has 0 bridgehead atoms. The number of aromatic nitrogens is 3. The number of hydrogen-bond donors (Lipinski definition) is 1. The molecule has 0 radical (unpaired) electrons. The van der Waals surface area contributed by atoms with E-state index >= 15 is 0 Å². The van der Waals surface area contributed by atoms with Crippen LogP contribution in [0.1, 0.15) is 63.3 Å². The Kier molecular flexibility index (Phi) is 8.75. The van der Waals surface area contributed by atoms with Crippen molar-refractivity contribution in [2.45, 2.75) is 57.3 Å². The predicted molar refractivity (Wildman–Crippen MR) is 194 cm³/mol. The summed E-state index contributed by atoms with van der Waals surface area (Å²) in [5.41, 5.74) is 3.85. The van der Waals surface area contributed by atoms with E-state index in [1.807, 2.05) is 24.3 Å². The van der Waals surface area contributed by atoms with Gasteiger partial charge >= 0.3 is 0 Å². The number of amides is 1. The molecule has 1 amide bonds. The largest absolute Gasteiger partial charge is 0.507 e. The van der Waals surface area contributed by atoms with Gasteiger partial charge in [-0.1, -0.05) is 49.3 Å². The molecular weight excluding hydrogens is 626 g/mol. The monoisotopic (exact) mass is 675 g/mol. The Morgan fingerprint density at radius 1 is 0.900 bits per heavy atom. The number of carbonyl (C=O) groups excluding carboxylic acids is 1. The number of para-hydroxylation sites is 2. The molecule has 2 aromatic carbocycles. The highest BCUT2D eigenvalue weighted by Crippen LogP contribution is 2.46. The molecule has 0 unspecified atom stereocenters. The van der Waals surface area contributed by atoms with Crippen LogP contribution in [-0.4, -0.2) is 95.1 Å². The first-order chi connectivity index (χ1) is 24.3. The van der Waals surface area contributed by atoms with Crippen molar-refractivity contribution in [3.63, 3.8) is 0 Å². The molecule has 4 aliphatic heterocycles. The Labute approximate surface area is 295 Å². The van der Waals surface area contributed by atoms with Crippen molar-refractivity contribution >= 4 is 17.3 Å². The zero-order valence-electron chi connectivity index (χ0n) is 29.4. The first-order valence-corrected chi connectivity index (χ1v) is 18.5. The summed E-state index contributed by atoms with van der Waals surface area (Å²) in [4.78, 5) is 24.0. The number of phenolic OH excluding ortho intramolecular Hbond substituents is 1. The summed E-state index contributed by atoms with van der Waals surface area (Å²) in [6.07, 6.45) is 6.86. The minimum Gasteiger partial charge on any atom is -0.507 e. The Balaban J connectivity index is 0.878. The lowest BCUT2D eigenvalue weighted by Crippen LogP contribution is -2.74. The van der Waals surface area contributed by atoms with Crippen molar-refractivity contribution < 1.29 is 14.4 Å². The van der Waals surface area contributed by atoms with E-state index in [0.717, 1.165) is 68.9 Å². The second-order valence-corrected chi connectivity index (χ2v) is 15.6. The third-order valence-corrected chi connectivity index (χ3v) is 11.8. The van der Waals surface area contributed by atoms with E-state index in [1.54, 1.807) is 18.3 Å².